The molecule has 0 bridgehead atoms. The number of nitrogens with zero attached hydrogens (tertiary/aromatic N) is 1. The average molecular weight is 228 g/mol. The van der Waals surface area contributed by atoms with Crippen molar-refractivity contribution in [1.82, 2.24) is 15.5 Å². The van der Waals surface area contributed by atoms with Crippen LogP contribution in [-0.2, 0) is 9.59 Å². The fourth-order valence-electron chi connectivity index (χ4n) is 1.64. The summed E-state index contributed by atoms with van der Waals surface area (Å²) in [6.07, 6.45) is 1.27. The van der Waals surface area contributed by atoms with E-state index in [4.69, 9.17) is 5.73 Å². The normalized spacial score (nSPS) is 17.8. The lowest BCUT2D eigenvalue weighted by Gasteiger charge is -2.18. The highest BCUT2D eigenvalue weighted by Gasteiger charge is 2.12. The Kier molecular flexibility index (Phi) is 5.81. The van der Waals surface area contributed by atoms with Gasteiger partial charge in [-0.25, -0.2) is 0 Å². The van der Waals surface area contributed by atoms with Gasteiger partial charge in [-0.3, -0.25) is 14.5 Å². The molecule has 0 spiro atoms. The van der Waals surface area contributed by atoms with Crippen molar-refractivity contribution in [3.63, 3.8) is 0 Å². The maximum absolute atomic E-state index is 11.5. The van der Waals surface area contributed by atoms with Crippen molar-refractivity contribution in [3.8, 4) is 0 Å². The number of carbonyl (C=O) groups is 2. The molecule has 4 N–H and O–H groups in total. The van der Waals surface area contributed by atoms with Crippen LogP contribution in [0.5, 0.6) is 0 Å². The molecule has 1 fully saturated rings. The van der Waals surface area contributed by atoms with Gasteiger partial charge in [0.2, 0.25) is 11.8 Å². The van der Waals surface area contributed by atoms with E-state index in [1.54, 1.807) is 0 Å². The summed E-state index contributed by atoms with van der Waals surface area (Å²) in [5, 5.41) is 5.95. The molecule has 0 aromatic rings. The molecule has 0 aromatic carbocycles. The molecule has 1 saturated heterocycles. The van der Waals surface area contributed by atoms with Gasteiger partial charge in [-0.2, -0.15) is 0 Å². The van der Waals surface area contributed by atoms with Gasteiger partial charge in [-0.05, 0) is 19.5 Å². The summed E-state index contributed by atoms with van der Waals surface area (Å²) in [7, 11) is 0. The molecule has 1 aliphatic rings. The van der Waals surface area contributed by atoms with Crippen LogP contribution in [0.2, 0.25) is 0 Å². The van der Waals surface area contributed by atoms with E-state index in [0.29, 0.717) is 13.1 Å². The fraction of sp³-hybridized carbons (Fsp3) is 0.800. The molecule has 0 aromatic heterocycles. The molecule has 0 unspecified atom stereocenters. The number of rotatable bonds is 5. The summed E-state index contributed by atoms with van der Waals surface area (Å²) in [6, 6.07) is 0. The van der Waals surface area contributed by atoms with Crippen LogP contribution in [0.25, 0.3) is 0 Å². The number of hydrogen-bond acceptors (Lipinski definition) is 4. The van der Waals surface area contributed by atoms with Crippen LogP contribution in [0.1, 0.15) is 12.8 Å². The van der Waals surface area contributed by atoms with Gasteiger partial charge in [-0.1, -0.05) is 0 Å². The zero-order valence-electron chi connectivity index (χ0n) is 9.50. The van der Waals surface area contributed by atoms with E-state index in [0.717, 1.165) is 32.6 Å². The Morgan fingerprint density at radius 2 is 2.12 bits per heavy atom. The fourth-order valence-corrected chi connectivity index (χ4v) is 1.64. The van der Waals surface area contributed by atoms with Crippen LogP contribution in [0.4, 0.5) is 0 Å². The zero-order valence-corrected chi connectivity index (χ0v) is 9.50. The highest BCUT2D eigenvalue weighted by atomic mass is 16.2. The van der Waals surface area contributed by atoms with E-state index in [9.17, 15) is 9.59 Å². The third-order valence-electron chi connectivity index (χ3n) is 2.49. The van der Waals surface area contributed by atoms with Crippen molar-refractivity contribution in [2.45, 2.75) is 12.8 Å². The lowest BCUT2D eigenvalue weighted by molar-refractivity contribution is -0.122. The molecule has 0 aliphatic carbocycles. The Labute approximate surface area is 95.5 Å². The second kappa shape index (κ2) is 7.19. The second-order valence-electron chi connectivity index (χ2n) is 3.95. The van der Waals surface area contributed by atoms with E-state index in [1.165, 1.54) is 0 Å². The third kappa shape index (κ3) is 5.67. The lowest BCUT2D eigenvalue weighted by atomic mass is 10.3. The van der Waals surface area contributed by atoms with Gasteiger partial charge < -0.3 is 16.4 Å². The van der Waals surface area contributed by atoms with Crippen molar-refractivity contribution in [1.29, 1.82) is 0 Å². The summed E-state index contributed by atoms with van der Waals surface area (Å²) in [6.45, 7) is 4.51. The van der Waals surface area contributed by atoms with E-state index in [2.05, 4.69) is 15.5 Å². The first kappa shape index (κ1) is 12.9. The van der Waals surface area contributed by atoms with E-state index in [1.807, 2.05) is 0 Å². The molecule has 16 heavy (non-hydrogen) atoms. The number of nitrogens with two attached hydrogens (primary N) is 1. The van der Waals surface area contributed by atoms with Crippen LogP contribution in [-0.4, -0.2) is 56.0 Å². The molecule has 2 amide bonds. The SMILES string of the molecule is NC(=O)CCNC(=O)CN1CCCNCC1. The topological polar surface area (TPSA) is 87.5 Å². The number of carbonyl (C=O) groups excluding carboxylic acids is 2. The Balaban J connectivity index is 2.14. The molecule has 6 heteroatoms. The van der Waals surface area contributed by atoms with Gasteiger partial charge in [-0.15, -0.1) is 0 Å². The molecule has 0 saturated carbocycles. The molecular formula is C10H20N4O2. The maximum atomic E-state index is 11.5. The molecular weight excluding hydrogens is 208 g/mol. The Bertz CT molecular complexity index is 237. The van der Waals surface area contributed by atoms with Crippen LogP contribution in [0, 0.1) is 0 Å². The highest BCUT2D eigenvalue weighted by Crippen LogP contribution is 1.94. The molecule has 0 atom stereocenters. The van der Waals surface area contributed by atoms with Gasteiger partial charge in [0.25, 0.3) is 0 Å². The number of nitrogens with one attached hydrogen (secondary N) is 2. The minimum absolute atomic E-state index is 0.0387. The Morgan fingerprint density at radius 1 is 1.31 bits per heavy atom. The van der Waals surface area contributed by atoms with Crippen molar-refractivity contribution in [3.05, 3.63) is 0 Å². The summed E-state index contributed by atoms with van der Waals surface area (Å²) in [5.74, 6) is -0.428. The van der Waals surface area contributed by atoms with Gasteiger partial charge in [0, 0.05) is 26.1 Å². The highest BCUT2D eigenvalue weighted by molar-refractivity contribution is 5.79. The van der Waals surface area contributed by atoms with E-state index in [-0.39, 0.29) is 18.2 Å². The minimum atomic E-state index is -0.390. The van der Waals surface area contributed by atoms with Crippen molar-refractivity contribution in [2.24, 2.45) is 5.73 Å². The quantitative estimate of drug-likeness (QED) is 0.522. The monoisotopic (exact) mass is 228 g/mol. The van der Waals surface area contributed by atoms with Crippen molar-refractivity contribution in [2.75, 3.05) is 39.3 Å². The van der Waals surface area contributed by atoms with Crippen LogP contribution in [0.15, 0.2) is 0 Å². The average Bonchev–Trinajstić information content (AvgIpc) is 2.45. The van der Waals surface area contributed by atoms with Crippen LogP contribution in [0.3, 0.4) is 0 Å². The predicted molar refractivity (Wildman–Crippen MR) is 60.7 cm³/mol. The smallest absolute Gasteiger partial charge is 0.234 e. The molecule has 1 heterocycles. The van der Waals surface area contributed by atoms with Gasteiger partial charge in [0.15, 0.2) is 0 Å². The zero-order chi connectivity index (χ0) is 11.8. The molecule has 0 radical (unpaired) electrons. The van der Waals surface area contributed by atoms with Gasteiger partial charge >= 0.3 is 0 Å². The molecule has 1 aliphatic heterocycles. The van der Waals surface area contributed by atoms with Gasteiger partial charge in [0.1, 0.15) is 0 Å². The van der Waals surface area contributed by atoms with E-state index >= 15 is 0 Å². The lowest BCUT2D eigenvalue weighted by Crippen LogP contribution is -2.39. The Morgan fingerprint density at radius 3 is 2.88 bits per heavy atom. The second-order valence-corrected chi connectivity index (χ2v) is 3.95. The Hall–Kier alpha value is -1.14. The standard InChI is InChI=1S/C10H20N4O2/c11-9(15)2-4-13-10(16)8-14-6-1-3-12-5-7-14/h12H,1-8H2,(H2,11,15)(H,13,16). The maximum Gasteiger partial charge on any atom is 0.234 e. The summed E-state index contributed by atoms with van der Waals surface area (Å²) >= 11 is 0. The van der Waals surface area contributed by atoms with Crippen LogP contribution < -0.4 is 16.4 Å². The van der Waals surface area contributed by atoms with Crippen LogP contribution >= 0.6 is 0 Å². The predicted octanol–water partition coefficient (Wildman–Crippen LogP) is -1.73. The minimum Gasteiger partial charge on any atom is -0.370 e. The number of primary amides is 1. The summed E-state index contributed by atoms with van der Waals surface area (Å²) < 4.78 is 0. The first-order chi connectivity index (χ1) is 7.68. The summed E-state index contributed by atoms with van der Waals surface area (Å²) in [4.78, 5) is 24.1. The molecule has 6 nitrogen and oxygen atoms in total. The third-order valence-corrected chi connectivity index (χ3v) is 2.49. The first-order valence-electron chi connectivity index (χ1n) is 5.66. The van der Waals surface area contributed by atoms with Crippen molar-refractivity contribution >= 4 is 11.8 Å². The van der Waals surface area contributed by atoms with Gasteiger partial charge in [0.05, 0.1) is 6.54 Å². The van der Waals surface area contributed by atoms with Crippen molar-refractivity contribution < 1.29 is 9.59 Å². The molecule has 92 valence electrons. The van der Waals surface area contributed by atoms with E-state index < -0.39 is 0 Å². The molecule has 1 rings (SSSR count). The largest absolute Gasteiger partial charge is 0.370 e. The number of amides is 2. The first-order valence-corrected chi connectivity index (χ1v) is 5.66. The summed E-state index contributed by atoms with van der Waals surface area (Å²) in [5.41, 5.74) is 4.97. The number of hydrogen-bond donors (Lipinski definition) is 3.